The van der Waals surface area contributed by atoms with Crippen LogP contribution in [0, 0.1) is 6.92 Å². The molecule has 0 aliphatic carbocycles. The zero-order valence-corrected chi connectivity index (χ0v) is 13.8. The van der Waals surface area contributed by atoms with E-state index < -0.39 is 0 Å². The maximum atomic E-state index is 12.1. The van der Waals surface area contributed by atoms with Crippen LogP contribution >= 0.6 is 11.6 Å². The van der Waals surface area contributed by atoms with Gasteiger partial charge in [0.2, 0.25) is 0 Å². The van der Waals surface area contributed by atoms with E-state index in [-0.39, 0.29) is 5.91 Å². The van der Waals surface area contributed by atoms with Crippen LogP contribution in [0.1, 0.15) is 21.9 Å². The average molecular weight is 339 g/mol. The number of rotatable bonds is 4. The molecule has 120 valence electrons. The molecule has 0 radical (unpaired) electrons. The molecule has 2 heterocycles. The molecule has 0 fully saturated rings. The van der Waals surface area contributed by atoms with Crippen LogP contribution in [0.5, 0.6) is 0 Å². The number of aromatic nitrogens is 3. The molecule has 0 atom stereocenters. The van der Waals surface area contributed by atoms with E-state index >= 15 is 0 Å². The number of nitrogens with one attached hydrogen (secondary N) is 1. The van der Waals surface area contributed by atoms with Crippen molar-refractivity contribution in [3.05, 3.63) is 76.8 Å². The molecule has 0 bridgehead atoms. The van der Waals surface area contributed by atoms with Gasteiger partial charge >= 0.3 is 0 Å². The Bertz CT molecular complexity index is 848. The van der Waals surface area contributed by atoms with Crippen molar-refractivity contribution in [2.24, 2.45) is 0 Å². The SMILES string of the molecule is Cc1ccc(CNC(=O)c2ccc(-c3cccc(Cl)c3)cn2)nn1. The lowest BCUT2D eigenvalue weighted by molar-refractivity contribution is 0.0945. The topological polar surface area (TPSA) is 67.8 Å². The molecule has 1 N–H and O–H groups in total. The van der Waals surface area contributed by atoms with Crippen LogP contribution in [0.4, 0.5) is 0 Å². The Morgan fingerprint density at radius 1 is 1.08 bits per heavy atom. The fraction of sp³-hybridized carbons (Fsp3) is 0.111. The molecule has 0 spiro atoms. The number of aryl methyl sites for hydroxylation is 1. The van der Waals surface area contributed by atoms with Gasteiger partial charge in [-0.1, -0.05) is 29.8 Å². The molecule has 3 aromatic rings. The van der Waals surface area contributed by atoms with Crippen LogP contribution in [0.15, 0.2) is 54.7 Å². The zero-order chi connectivity index (χ0) is 16.9. The van der Waals surface area contributed by atoms with Crippen LogP contribution < -0.4 is 5.32 Å². The molecule has 0 saturated heterocycles. The lowest BCUT2D eigenvalue weighted by Crippen LogP contribution is -2.24. The Morgan fingerprint density at radius 3 is 2.62 bits per heavy atom. The molecule has 0 aliphatic heterocycles. The van der Waals surface area contributed by atoms with Gasteiger partial charge in [0.1, 0.15) is 5.69 Å². The van der Waals surface area contributed by atoms with Crippen LogP contribution in [0.2, 0.25) is 5.02 Å². The number of pyridine rings is 1. The molecule has 1 amide bonds. The van der Waals surface area contributed by atoms with Gasteiger partial charge < -0.3 is 5.32 Å². The third kappa shape index (κ3) is 3.94. The summed E-state index contributed by atoms with van der Waals surface area (Å²) in [4.78, 5) is 16.4. The zero-order valence-electron chi connectivity index (χ0n) is 13.0. The monoisotopic (exact) mass is 338 g/mol. The van der Waals surface area contributed by atoms with E-state index in [1.807, 2.05) is 49.4 Å². The molecule has 24 heavy (non-hydrogen) atoms. The van der Waals surface area contributed by atoms with Crippen molar-refractivity contribution < 1.29 is 4.79 Å². The first kappa shape index (κ1) is 16.1. The third-order valence-electron chi connectivity index (χ3n) is 3.44. The Kier molecular flexibility index (Phi) is 4.82. The van der Waals surface area contributed by atoms with Gasteiger partial charge in [0.15, 0.2) is 0 Å². The van der Waals surface area contributed by atoms with E-state index in [0.29, 0.717) is 23.0 Å². The maximum absolute atomic E-state index is 12.1. The van der Waals surface area contributed by atoms with E-state index in [9.17, 15) is 4.79 Å². The summed E-state index contributed by atoms with van der Waals surface area (Å²) in [5.41, 5.74) is 3.74. The van der Waals surface area contributed by atoms with Crippen molar-refractivity contribution in [1.29, 1.82) is 0 Å². The number of carbonyl (C=O) groups excluding carboxylic acids is 1. The van der Waals surface area contributed by atoms with E-state index in [2.05, 4.69) is 20.5 Å². The Labute approximate surface area is 144 Å². The fourth-order valence-corrected chi connectivity index (χ4v) is 2.34. The first-order valence-electron chi connectivity index (χ1n) is 7.41. The summed E-state index contributed by atoms with van der Waals surface area (Å²) in [5.74, 6) is -0.255. The highest BCUT2D eigenvalue weighted by molar-refractivity contribution is 6.30. The van der Waals surface area contributed by atoms with Crippen molar-refractivity contribution in [1.82, 2.24) is 20.5 Å². The highest BCUT2D eigenvalue weighted by Gasteiger charge is 2.08. The lowest BCUT2D eigenvalue weighted by Gasteiger charge is -2.06. The molecule has 6 heteroatoms. The van der Waals surface area contributed by atoms with Crippen molar-refractivity contribution in [2.75, 3.05) is 0 Å². The normalized spacial score (nSPS) is 10.4. The molecule has 5 nitrogen and oxygen atoms in total. The van der Waals surface area contributed by atoms with Gasteiger partial charge in [0.25, 0.3) is 5.91 Å². The van der Waals surface area contributed by atoms with Crippen molar-refractivity contribution in [2.45, 2.75) is 13.5 Å². The van der Waals surface area contributed by atoms with E-state index in [0.717, 1.165) is 16.8 Å². The molecular formula is C18H15ClN4O. The second-order valence-electron chi connectivity index (χ2n) is 5.29. The smallest absolute Gasteiger partial charge is 0.270 e. The van der Waals surface area contributed by atoms with Gasteiger partial charge in [-0.05, 0) is 42.8 Å². The lowest BCUT2D eigenvalue weighted by atomic mass is 10.1. The van der Waals surface area contributed by atoms with E-state index in [1.54, 1.807) is 12.3 Å². The fourth-order valence-electron chi connectivity index (χ4n) is 2.15. The number of carbonyl (C=O) groups is 1. The predicted octanol–water partition coefficient (Wildman–Crippen LogP) is 3.43. The second kappa shape index (κ2) is 7.19. The largest absolute Gasteiger partial charge is 0.345 e. The molecule has 0 saturated carbocycles. The van der Waals surface area contributed by atoms with Gasteiger partial charge in [0.05, 0.1) is 17.9 Å². The summed E-state index contributed by atoms with van der Waals surface area (Å²) in [6, 6.07) is 14.7. The first-order chi connectivity index (χ1) is 11.6. The first-order valence-corrected chi connectivity index (χ1v) is 7.79. The van der Waals surface area contributed by atoms with E-state index in [4.69, 9.17) is 11.6 Å². The number of hydrogen-bond donors (Lipinski definition) is 1. The summed E-state index contributed by atoms with van der Waals surface area (Å²) in [6.07, 6.45) is 1.66. The van der Waals surface area contributed by atoms with Gasteiger partial charge in [-0.3, -0.25) is 9.78 Å². The standard InChI is InChI=1S/C18H15ClN4O/c1-12-5-7-16(23-22-12)11-21-18(24)17-8-6-14(10-20-17)13-3-2-4-15(19)9-13/h2-10H,11H2,1H3,(H,21,24). The Morgan fingerprint density at radius 2 is 1.96 bits per heavy atom. The van der Waals surface area contributed by atoms with Crippen molar-refractivity contribution in [3.63, 3.8) is 0 Å². The van der Waals surface area contributed by atoms with Gasteiger partial charge in [-0.15, -0.1) is 0 Å². The van der Waals surface area contributed by atoms with Crippen molar-refractivity contribution >= 4 is 17.5 Å². The minimum absolute atomic E-state index is 0.255. The Hall–Kier alpha value is -2.79. The highest BCUT2D eigenvalue weighted by Crippen LogP contribution is 2.21. The number of nitrogens with zero attached hydrogens (tertiary/aromatic N) is 3. The van der Waals surface area contributed by atoms with Crippen LogP contribution in [0.3, 0.4) is 0 Å². The van der Waals surface area contributed by atoms with Gasteiger partial charge in [-0.2, -0.15) is 10.2 Å². The number of benzene rings is 1. The Balaban J connectivity index is 1.66. The number of amides is 1. The molecule has 2 aromatic heterocycles. The number of halogens is 1. The summed E-state index contributed by atoms with van der Waals surface area (Å²) in [5, 5.41) is 11.4. The summed E-state index contributed by atoms with van der Waals surface area (Å²) >= 11 is 5.99. The maximum Gasteiger partial charge on any atom is 0.270 e. The predicted molar refractivity (Wildman–Crippen MR) is 92.6 cm³/mol. The van der Waals surface area contributed by atoms with Crippen LogP contribution in [0.25, 0.3) is 11.1 Å². The second-order valence-corrected chi connectivity index (χ2v) is 5.73. The third-order valence-corrected chi connectivity index (χ3v) is 3.67. The molecule has 0 aliphatic rings. The van der Waals surface area contributed by atoms with E-state index in [1.165, 1.54) is 0 Å². The molecule has 3 rings (SSSR count). The molecule has 0 unspecified atom stereocenters. The van der Waals surface area contributed by atoms with Gasteiger partial charge in [-0.25, -0.2) is 0 Å². The molecular weight excluding hydrogens is 324 g/mol. The summed E-state index contributed by atoms with van der Waals surface area (Å²) < 4.78 is 0. The van der Waals surface area contributed by atoms with Crippen LogP contribution in [-0.2, 0) is 6.54 Å². The summed E-state index contributed by atoms with van der Waals surface area (Å²) in [6.45, 7) is 2.17. The summed E-state index contributed by atoms with van der Waals surface area (Å²) in [7, 11) is 0. The highest BCUT2D eigenvalue weighted by atomic mass is 35.5. The minimum Gasteiger partial charge on any atom is -0.345 e. The number of hydrogen-bond acceptors (Lipinski definition) is 4. The van der Waals surface area contributed by atoms with Crippen LogP contribution in [-0.4, -0.2) is 21.1 Å². The van der Waals surface area contributed by atoms with Gasteiger partial charge in [0, 0.05) is 16.8 Å². The minimum atomic E-state index is -0.255. The average Bonchev–Trinajstić information content (AvgIpc) is 2.61. The quantitative estimate of drug-likeness (QED) is 0.791. The molecule has 1 aromatic carbocycles. The van der Waals surface area contributed by atoms with Crippen molar-refractivity contribution in [3.8, 4) is 11.1 Å².